The van der Waals surface area contributed by atoms with Crippen LogP contribution in [0.25, 0.3) is 17.4 Å². The van der Waals surface area contributed by atoms with Crippen molar-refractivity contribution in [1.82, 2.24) is 5.32 Å². The number of halogens is 1. The van der Waals surface area contributed by atoms with Gasteiger partial charge in [-0.3, -0.25) is 14.9 Å². The van der Waals surface area contributed by atoms with Crippen LogP contribution >= 0.6 is 23.4 Å². The van der Waals surface area contributed by atoms with Crippen molar-refractivity contribution >= 4 is 51.9 Å². The predicted octanol–water partition coefficient (Wildman–Crippen LogP) is 5.71. The van der Waals surface area contributed by atoms with Gasteiger partial charge in [0.05, 0.1) is 20.5 Å². The maximum absolute atomic E-state index is 12.3. The fourth-order valence-corrected chi connectivity index (χ4v) is 3.88. The van der Waals surface area contributed by atoms with Crippen LogP contribution in [0.1, 0.15) is 11.3 Å². The molecule has 1 aliphatic rings. The molecular weight excluding hydrogens is 426 g/mol. The van der Waals surface area contributed by atoms with E-state index in [0.717, 1.165) is 11.3 Å². The molecule has 0 radical (unpaired) electrons. The first kappa shape index (κ1) is 19.9. The third kappa shape index (κ3) is 4.14. The number of non-ortho nitro benzene ring substituents is 1. The lowest BCUT2D eigenvalue weighted by Gasteiger charge is -2.00. The Labute approximate surface area is 180 Å². The fraction of sp³-hybridized carbons (Fsp3) is 0.0476. The van der Waals surface area contributed by atoms with Gasteiger partial charge in [0.2, 0.25) is 0 Å². The Kier molecular flexibility index (Phi) is 5.43. The third-order valence-corrected chi connectivity index (χ3v) is 5.54. The molecule has 1 aromatic heterocycles. The standard InChI is InChI=1S/C21H14ClN3O4S/c1-12-4-2-3-5-17(12)23-21-24-20(26)19(30-21)11-14-7-9-18(29-14)15-8-6-13(25(27)28)10-16(15)22/h2-11H,1H3,(H,23,24,26)/b19-11-. The molecule has 9 heteroatoms. The van der Waals surface area contributed by atoms with Gasteiger partial charge in [-0.25, -0.2) is 4.99 Å². The zero-order valence-corrected chi connectivity index (χ0v) is 17.2. The van der Waals surface area contributed by atoms with Crippen LogP contribution in [0.2, 0.25) is 5.02 Å². The molecule has 7 nitrogen and oxygen atoms in total. The second-order valence-electron chi connectivity index (χ2n) is 6.39. The number of nitrogens with zero attached hydrogens (tertiary/aromatic N) is 2. The zero-order chi connectivity index (χ0) is 21.3. The number of hydrogen-bond donors (Lipinski definition) is 1. The number of aliphatic imine (C=N–C) groups is 1. The molecule has 1 amide bonds. The number of para-hydroxylation sites is 1. The van der Waals surface area contributed by atoms with Crippen LogP contribution < -0.4 is 5.32 Å². The van der Waals surface area contributed by atoms with Gasteiger partial charge < -0.3 is 9.73 Å². The summed E-state index contributed by atoms with van der Waals surface area (Å²) in [5, 5.41) is 14.3. The quantitative estimate of drug-likeness (QED) is 0.319. The number of amides is 1. The average Bonchev–Trinajstić information content (AvgIpc) is 3.30. The van der Waals surface area contributed by atoms with Crippen molar-refractivity contribution in [2.45, 2.75) is 6.92 Å². The van der Waals surface area contributed by atoms with Crippen molar-refractivity contribution in [1.29, 1.82) is 0 Å². The lowest BCUT2D eigenvalue weighted by molar-refractivity contribution is -0.384. The molecule has 0 saturated carbocycles. The van der Waals surface area contributed by atoms with E-state index in [4.69, 9.17) is 16.0 Å². The highest BCUT2D eigenvalue weighted by Crippen LogP contribution is 2.34. The van der Waals surface area contributed by atoms with E-state index in [-0.39, 0.29) is 16.6 Å². The number of thioether (sulfide) groups is 1. The molecular formula is C21H14ClN3O4S. The monoisotopic (exact) mass is 439 g/mol. The Hall–Kier alpha value is -3.36. The lowest BCUT2D eigenvalue weighted by atomic mass is 10.1. The molecule has 0 aliphatic carbocycles. The summed E-state index contributed by atoms with van der Waals surface area (Å²) < 4.78 is 5.77. The summed E-state index contributed by atoms with van der Waals surface area (Å²) in [4.78, 5) is 27.6. The van der Waals surface area contributed by atoms with Gasteiger partial charge in [-0.15, -0.1) is 0 Å². The Morgan fingerprint density at radius 3 is 2.73 bits per heavy atom. The van der Waals surface area contributed by atoms with Gasteiger partial charge in [-0.1, -0.05) is 29.8 Å². The van der Waals surface area contributed by atoms with Crippen LogP contribution in [0, 0.1) is 17.0 Å². The van der Waals surface area contributed by atoms with Crippen molar-refractivity contribution in [3.05, 3.63) is 86.0 Å². The molecule has 1 aliphatic heterocycles. The number of nitro benzene ring substituents is 1. The van der Waals surface area contributed by atoms with Gasteiger partial charge >= 0.3 is 0 Å². The molecule has 0 spiro atoms. The first-order valence-corrected chi connectivity index (χ1v) is 9.99. The topological polar surface area (TPSA) is 97.7 Å². The van der Waals surface area contributed by atoms with Gasteiger partial charge in [0, 0.05) is 23.8 Å². The number of rotatable bonds is 4. The minimum atomic E-state index is -0.514. The number of nitrogens with one attached hydrogen (secondary N) is 1. The number of benzene rings is 2. The number of amidine groups is 1. The van der Waals surface area contributed by atoms with Crippen LogP contribution in [-0.4, -0.2) is 16.0 Å². The van der Waals surface area contributed by atoms with Crippen LogP contribution in [0.3, 0.4) is 0 Å². The summed E-state index contributed by atoms with van der Waals surface area (Å²) in [7, 11) is 0. The Morgan fingerprint density at radius 2 is 2.00 bits per heavy atom. The third-order valence-electron chi connectivity index (χ3n) is 4.32. The molecule has 0 atom stereocenters. The molecule has 1 saturated heterocycles. The van der Waals surface area contributed by atoms with Gasteiger partial charge in [-0.2, -0.15) is 0 Å². The second kappa shape index (κ2) is 8.17. The highest BCUT2D eigenvalue weighted by molar-refractivity contribution is 8.18. The average molecular weight is 440 g/mol. The number of carbonyl (C=O) groups excluding carboxylic acids is 1. The molecule has 1 N–H and O–H groups in total. The van der Waals surface area contributed by atoms with Crippen LogP contribution in [0.15, 0.2) is 68.9 Å². The maximum atomic E-state index is 12.3. The molecule has 1 fully saturated rings. The Morgan fingerprint density at radius 1 is 1.20 bits per heavy atom. The van der Waals surface area contributed by atoms with E-state index in [1.165, 1.54) is 30.0 Å². The van der Waals surface area contributed by atoms with E-state index in [1.54, 1.807) is 18.2 Å². The first-order chi connectivity index (χ1) is 14.4. The van der Waals surface area contributed by atoms with Gasteiger partial charge in [0.15, 0.2) is 5.17 Å². The largest absolute Gasteiger partial charge is 0.457 e. The molecule has 30 heavy (non-hydrogen) atoms. The summed E-state index contributed by atoms with van der Waals surface area (Å²) >= 11 is 7.38. The molecule has 0 bridgehead atoms. The number of nitro groups is 1. The number of hydrogen-bond acceptors (Lipinski definition) is 6. The van der Waals surface area contributed by atoms with Crippen LogP contribution in [0.5, 0.6) is 0 Å². The van der Waals surface area contributed by atoms with Crippen molar-refractivity contribution < 1.29 is 14.1 Å². The van der Waals surface area contributed by atoms with E-state index in [9.17, 15) is 14.9 Å². The SMILES string of the molecule is Cc1ccccc1N=C1NC(=O)/C(=C/c2ccc(-c3ccc([N+](=O)[O-])cc3Cl)o2)S1. The summed E-state index contributed by atoms with van der Waals surface area (Å²) in [6, 6.07) is 15.2. The molecule has 2 aromatic carbocycles. The Balaban J connectivity index is 1.57. The number of carbonyl (C=O) groups is 1. The van der Waals surface area contributed by atoms with Crippen LogP contribution in [0.4, 0.5) is 11.4 Å². The fourth-order valence-electron chi connectivity index (χ4n) is 2.80. The van der Waals surface area contributed by atoms with Crippen molar-refractivity contribution in [2.75, 3.05) is 0 Å². The molecule has 150 valence electrons. The van der Waals surface area contributed by atoms with Crippen LogP contribution in [-0.2, 0) is 4.79 Å². The summed E-state index contributed by atoms with van der Waals surface area (Å²) in [6.07, 6.45) is 1.61. The smallest absolute Gasteiger partial charge is 0.270 e. The van der Waals surface area contributed by atoms with E-state index in [0.29, 0.717) is 27.2 Å². The normalized spacial score (nSPS) is 16.3. The van der Waals surface area contributed by atoms with E-state index in [2.05, 4.69) is 10.3 Å². The van der Waals surface area contributed by atoms with Crippen molar-refractivity contribution in [3.63, 3.8) is 0 Å². The lowest BCUT2D eigenvalue weighted by Crippen LogP contribution is -2.19. The second-order valence-corrected chi connectivity index (χ2v) is 7.83. The van der Waals surface area contributed by atoms with Gasteiger partial charge in [-0.05, 0) is 48.5 Å². The predicted molar refractivity (Wildman–Crippen MR) is 118 cm³/mol. The summed E-state index contributed by atoms with van der Waals surface area (Å²) in [6.45, 7) is 1.95. The van der Waals surface area contributed by atoms with E-state index in [1.807, 2.05) is 31.2 Å². The number of furan rings is 1. The first-order valence-electron chi connectivity index (χ1n) is 8.80. The maximum Gasteiger partial charge on any atom is 0.270 e. The Bertz CT molecular complexity index is 1230. The van der Waals surface area contributed by atoms with E-state index >= 15 is 0 Å². The zero-order valence-electron chi connectivity index (χ0n) is 15.6. The van der Waals surface area contributed by atoms with Crippen molar-refractivity contribution in [2.24, 2.45) is 4.99 Å². The number of aryl methyl sites for hydroxylation is 1. The van der Waals surface area contributed by atoms with E-state index < -0.39 is 4.92 Å². The summed E-state index contributed by atoms with van der Waals surface area (Å²) in [5.41, 5.74) is 2.22. The molecule has 4 rings (SSSR count). The minimum Gasteiger partial charge on any atom is -0.457 e. The van der Waals surface area contributed by atoms with Crippen molar-refractivity contribution in [3.8, 4) is 11.3 Å². The molecule has 2 heterocycles. The van der Waals surface area contributed by atoms with Gasteiger partial charge in [0.1, 0.15) is 11.5 Å². The highest BCUT2D eigenvalue weighted by atomic mass is 35.5. The molecule has 0 unspecified atom stereocenters. The molecule has 3 aromatic rings. The van der Waals surface area contributed by atoms with Gasteiger partial charge in [0.25, 0.3) is 11.6 Å². The highest BCUT2D eigenvalue weighted by Gasteiger charge is 2.24. The summed E-state index contributed by atoms with van der Waals surface area (Å²) in [5.74, 6) is 0.631. The minimum absolute atomic E-state index is 0.0999.